The predicted molar refractivity (Wildman–Crippen MR) is 62.0 cm³/mol. The zero-order valence-electron chi connectivity index (χ0n) is 10.0. The Balaban J connectivity index is 2.65. The fourth-order valence-corrected chi connectivity index (χ4v) is 1.30. The molecular formula is C10H14F3N5. The Morgan fingerprint density at radius 3 is 2.78 bits per heavy atom. The Labute approximate surface area is 103 Å². The number of nitrogens with zero attached hydrogens (tertiary/aromatic N) is 4. The lowest BCUT2D eigenvalue weighted by molar-refractivity contribution is -0.142. The number of hydrogen-bond donors (Lipinski definition) is 1. The molecule has 0 aliphatic carbocycles. The Morgan fingerprint density at radius 1 is 1.56 bits per heavy atom. The van der Waals surface area contributed by atoms with Crippen molar-refractivity contribution in [3.8, 4) is 0 Å². The van der Waals surface area contributed by atoms with Crippen molar-refractivity contribution < 1.29 is 13.2 Å². The summed E-state index contributed by atoms with van der Waals surface area (Å²) < 4.78 is 36.2. The molecule has 1 aromatic heterocycles. The van der Waals surface area contributed by atoms with E-state index in [4.69, 9.17) is 5.73 Å². The van der Waals surface area contributed by atoms with Gasteiger partial charge in [0.15, 0.2) is 0 Å². The SMILES string of the molecule is CC(/C=N/N(C)CC(F)(F)F)c1cncnc1N. The van der Waals surface area contributed by atoms with Crippen LogP contribution in [0, 0.1) is 0 Å². The topological polar surface area (TPSA) is 67.4 Å². The van der Waals surface area contributed by atoms with Crippen LogP contribution in [-0.4, -0.2) is 41.0 Å². The summed E-state index contributed by atoms with van der Waals surface area (Å²) in [6.45, 7) is 0.650. The van der Waals surface area contributed by atoms with E-state index >= 15 is 0 Å². The molecule has 0 amide bonds. The van der Waals surface area contributed by atoms with Gasteiger partial charge in [0.1, 0.15) is 18.7 Å². The molecule has 0 saturated heterocycles. The number of aromatic nitrogens is 2. The average molecular weight is 261 g/mol. The summed E-state index contributed by atoms with van der Waals surface area (Å²) in [5.74, 6) is 0.0318. The molecule has 0 aliphatic heterocycles. The molecule has 1 atom stereocenters. The normalized spacial score (nSPS) is 13.8. The van der Waals surface area contributed by atoms with Crippen molar-refractivity contribution in [2.45, 2.75) is 19.0 Å². The molecule has 5 nitrogen and oxygen atoms in total. The van der Waals surface area contributed by atoms with Crippen molar-refractivity contribution in [2.24, 2.45) is 5.10 Å². The Hall–Kier alpha value is -1.86. The van der Waals surface area contributed by atoms with Gasteiger partial charge < -0.3 is 5.73 Å². The van der Waals surface area contributed by atoms with E-state index in [0.717, 1.165) is 5.01 Å². The van der Waals surface area contributed by atoms with Gasteiger partial charge in [0.05, 0.1) is 0 Å². The van der Waals surface area contributed by atoms with Crippen LogP contribution >= 0.6 is 0 Å². The number of hydrazone groups is 1. The molecule has 0 aliphatic rings. The number of nitrogens with two attached hydrogens (primary N) is 1. The molecule has 0 fully saturated rings. The molecule has 0 bridgehead atoms. The Morgan fingerprint density at radius 2 is 2.22 bits per heavy atom. The van der Waals surface area contributed by atoms with E-state index in [-0.39, 0.29) is 5.92 Å². The monoisotopic (exact) mass is 261 g/mol. The summed E-state index contributed by atoms with van der Waals surface area (Å²) in [6.07, 6.45) is -0.0771. The first-order valence-electron chi connectivity index (χ1n) is 5.17. The van der Waals surface area contributed by atoms with E-state index in [1.807, 2.05) is 0 Å². The van der Waals surface area contributed by atoms with Gasteiger partial charge in [-0.3, -0.25) is 5.01 Å². The van der Waals surface area contributed by atoms with Crippen molar-refractivity contribution in [1.82, 2.24) is 15.0 Å². The maximum atomic E-state index is 12.1. The van der Waals surface area contributed by atoms with E-state index in [2.05, 4.69) is 15.1 Å². The van der Waals surface area contributed by atoms with Crippen molar-refractivity contribution >= 4 is 12.0 Å². The molecule has 1 aromatic rings. The van der Waals surface area contributed by atoms with Gasteiger partial charge in [0, 0.05) is 30.9 Å². The van der Waals surface area contributed by atoms with Crippen LogP contribution in [0.5, 0.6) is 0 Å². The first kappa shape index (κ1) is 14.2. The fraction of sp³-hybridized carbons (Fsp3) is 0.500. The Kier molecular flexibility index (Phi) is 4.46. The quantitative estimate of drug-likeness (QED) is 0.661. The van der Waals surface area contributed by atoms with Crippen LogP contribution in [0.25, 0.3) is 0 Å². The van der Waals surface area contributed by atoms with Gasteiger partial charge in [-0.25, -0.2) is 9.97 Å². The van der Waals surface area contributed by atoms with Crippen molar-refractivity contribution in [1.29, 1.82) is 0 Å². The first-order valence-corrected chi connectivity index (χ1v) is 5.17. The number of nitrogen functional groups attached to an aromatic ring is 1. The number of rotatable bonds is 4. The standard InChI is InChI=1S/C10H14F3N5/c1-7(8-4-15-6-16-9(8)14)3-17-18(2)5-10(11,12)13/h3-4,6-7H,5H2,1-2H3,(H2,14,15,16)/b17-3+. The molecule has 8 heteroatoms. The summed E-state index contributed by atoms with van der Waals surface area (Å²) in [5.41, 5.74) is 6.25. The zero-order chi connectivity index (χ0) is 13.8. The molecule has 0 radical (unpaired) electrons. The van der Waals surface area contributed by atoms with Crippen molar-refractivity contribution in [3.63, 3.8) is 0 Å². The van der Waals surface area contributed by atoms with Gasteiger partial charge in [-0.05, 0) is 0 Å². The van der Waals surface area contributed by atoms with Gasteiger partial charge in [0.25, 0.3) is 0 Å². The summed E-state index contributed by atoms with van der Waals surface area (Å²) in [4.78, 5) is 7.60. The molecule has 100 valence electrons. The second-order valence-electron chi connectivity index (χ2n) is 3.85. The summed E-state index contributed by atoms with van der Waals surface area (Å²) in [5, 5.41) is 4.52. The van der Waals surface area contributed by atoms with Crippen molar-refractivity contribution in [3.05, 3.63) is 18.1 Å². The minimum Gasteiger partial charge on any atom is -0.383 e. The van der Waals surface area contributed by atoms with Crippen LogP contribution < -0.4 is 5.73 Å². The molecule has 0 spiro atoms. The van der Waals surface area contributed by atoms with Crippen LogP contribution in [0.15, 0.2) is 17.6 Å². The van der Waals surface area contributed by atoms with Crippen LogP contribution in [0.4, 0.5) is 19.0 Å². The van der Waals surface area contributed by atoms with Crippen molar-refractivity contribution in [2.75, 3.05) is 19.3 Å². The molecule has 0 aromatic carbocycles. The third-order valence-electron chi connectivity index (χ3n) is 2.16. The van der Waals surface area contributed by atoms with Gasteiger partial charge in [-0.2, -0.15) is 18.3 Å². The lowest BCUT2D eigenvalue weighted by Gasteiger charge is -2.16. The number of anilines is 1. The third-order valence-corrected chi connectivity index (χ3v) is 2.16. The first-order chi connectivity index (χ1) is 8.29. The van der Waals surface area contributed by atoms with Crippen LogP contribution in [0.1, 0.15) is 18.4 Å². The highest BCUT2D eigenvalue weighted by Crippen LogP contribution is 2.18. The molecule has 18 heavy (non-hydrogen) atoms. The third kappa shape index (κ3) is 4.56. The fourth-order valence-electron chi connectivity index (χ4n) is 1.30. The maximum absolute atomic E-state index is 12.1. The van der Waals surface area contributed by atoms with E-state index in [1.54, 1.807) is 6.92 Å². The molecule has 0 saturated carbocycles. The molecule has 1 rings (SSSR count). The average Bonchev–Trinajstić information content (AvgIpc) is 2.24. The largest absolute Gasteiger partial charge is 0.407 e. The van der Waals surface area contributed by atoms with E-state index in [0.29, 0.717) is 11.4 Å². The van der Waals surface area contributed by atoms with E-state index < -0.39 is 12.7 Å². The van der Waals surface area contributed by atoms with Gasteiger partial charge in [0.2, 0.25) is 0 Å². The highest BCUT2D eigenvalue weighted by atomic mass is 19.4. The van der Waals surface area contributed by atoms with E-state index in [1.165, 1.54) is 25.8 Å². The van der Waals surface area contributed by atoms with Crippen LogP contribution in [0.3, 0.4) is 0 Å². The minimum absolute atomic E-state index is 0.262. The number of alkyl halides is 3. The number of halogens is 3. The second kappa shape index (κ2) is 5.65. The number of hydrogen-bond acceptors (Lipinski definition) is 5. The highest BCUT2D eigenvalue weighted by molar-refractivity contribution is 5.69. The predicted octanol–water partition coefficient (Wildman–Crippen LogP) is 1.64. The summed E-state index contributed by atoms with van der Waals surface area (Å²) >= 11 is 0. The minimum atomic E-state index is -4.27. The van der Waals surface area contributed by atoms with Crippen LogP contribution in [-0.2, 0) is 0 Å². The van der Waals surface area contributed by atoms with E-state index in [9.17, 15) is 13.2 Å². The lowest BCUT2D eigenvalue weighted by Crippen LogP contribution is -2.27. The van der Waals surface area contributed by atoms with Gasteiger partial charge in [-0.1, -0.05) is 6.92 Å². The smallest absolute Gasteiger partial charge is 0.383 e. The molecular weight excluding hydrogens is 247 g/mol. The summed E-state index contributed by atoms with van der Waals surface area (Å²) in [6, 6.07) is 0. The molecule has 1 unspecified atom stereocenters. The highest BCUT2D eigenvalue weighted by Gasteiger charge is 2.28. The zero-order valence-corrected chi connectivity index (χ0v) is 10.0. The Bertz CT molecular complexity index is 418. The van der Waals surface area contributed by atoms with Gasteiger partial charge in [-0.15, -0.1) is 0 Å². The van der Waals surface area contributed by atoms with Gasteiger partial charge >= 0.3 is 6.18 Å². The second-order valence-corrected chi connectivity index (χ2v) is 3.85. The lowest BCUT2D eigenvalue weighted by atomic mass is 10.1. The molecule has 2 N–H and O–H groups in total. The summed E-state index contributed by atoms with van der Waals surface area (Å²) in [7, 11) is 1.25. The maximum Gasteiger partial charge on any atom is 0.407 e. The molecule has 1 heterocycles. The van der Waals surface area contributed by atoms with Crippen LogP contribution in [0.2, 0.25) is 0 Å².